The zero-order chi connectivity index (χ0) is 19.7. The third-order valence-corrected chi connectivity index (χ3v) is 6.00. The largest absolute Gasteiger partial charge is 0.369 e. The Kier molecular flexibility index (Phi) is 5.15. The van der Waals surface area contributed by atoms with E-state index in [9.17, 15) is 14.4 Å². The Morgan fingerprint density at radius 2 is 1.79 bits per heavy atom. The first-order valence-corrected chi connectivity index (χ1v) is 10.2. The predicted octanol–water partition coefficient (Wildman–Crippen LogP) is 1.85. The van der Waals surface area contributed by atoms with E-state index in [1.54, 1.807) is 27.7 Å². The molecule has 1 saturated heterocycles. The summed E-state index contributed by atoms with van der Waals surface area (Å²) in [6.45, 7) is 1.75. The van der Waals surface area contributed by atoms with Crippen molar-refractivity contribution in [1.82, 2.24) is 14.5 Å². The Hall–Kier alpha value is -2.70. The average molecular weight is 382 g/mol. The van der Waals surface area contributed by atoms with Crippen molar-refractivity contribution in [3.05, 3.63) is 39.9 Å². The molecular formula is C21H26N4O3. The first-order valence-electron chi connectivity index (χ1n) is 10.2. The van der Waals surface area contributed by atoms with Crippen LogP contribution in [-0.4, -0.2) is 39.4 Å². The number of hydrogen-bond donors (Lipinski definition) is 1. The number of benzene rings is 1. The minimum atomic E-state index is -0.293. The van der Waals surface area contributed by atoms with Gasteiger partial charge in [-0.3, -0.25) is 19.0 Å². The van der Waals surface area contributed by atoms with Gasteiger partial charge in [0.2, 0.25) is 5.91 Å². The molecule has 1 aromatic heterocycles. The molecule has 2 aromatic rings. The lowest BCUT2D eigenvalue weighted by Gasteiger charge is -2.30. The van der Waals surface area contributed by atoms with Crippen LogP contribution in [-0.2, 0) is 17.8 Å². The van der Waals surface area contributed by atoms with Gasteiger partial charge in [-0.2, -0.15) is 0 Å². The minimum absolute atomic E-state index is 0.0110. The highest BCUT2D eigenvalue weighted by atomic mass is 16.2. The summed E-state index contributed by atoms with van der Waals surface area (Å²) in [5.74, 6) is 0.295. The van der Waals surface area contributed by atoms with Gasteiger partial charge in [0.1, 0.15) is 5.82 Å². The smallest absolute Gasteiger partial charge is 0.261 e. The lowest BCUT2D eigenvalue weighted by molar-refractivity contribution is -0.123. The van der Waals surface area contributed by atoms with E-state index in [4.69, 9.17) is 10.7 Å². The van der Waals surface area contributed by atoms with E-state index >= 15 is 0 Å². The highest BCUT2D eigenvalue weighted by Gasteiger charge is 2.26. The second kappa shape index (κ2) is 7.73. The van der Waals surface area contributed by atoms with E-state index < -0.39 is 0 Å². The number of primary amides is 1. The molecule has 1 fully saturated rings. The summed E-state index contributed by atoms with van der Waals surface area (Å²) in [7, 11) is 0. The summed E-state index contributed by atoms with van der Waals surface area (Å²) in [4.78, 5) is 43.6. The molecule has 3 heterocycles. The van der Waals surface area contributed by atoms with Gasteiger partial charge >= 0.3 is 0 Å². The molecule has 28 heavy (non-hydrogen) atoms. The molecule has 148 valence electrons. The SMILES string of the molecule is NC(=O)C1CCN(C(=O)c2ccc3c(=O)n4c(nc3c2)CCCCCC4)CC1. The van der Waals surface area contributed by atoms with Gasteiger partial charge in [-0.25, -0.2) is 4.98 Å². The Labute approximate surface area is 163 Å². The van der Waals surface area contributed by atoms with Crippen LogP contribution >= 0.6 is 0 Å². The van der Waals surface area contributed by atoms with Gasteiger partial charge < -0.3 is 10.6 Å². The molecule has 1 aromatic carbocycles. The lowest BCUT2D eigenvalue weighted by atomic mass is 9.96. The highest BCUT2D eigenvalue weighted by molar-refractivity contribution is 5.97. The third kappa shape index (κ3) is 3.53. The molecule has 2 aliphatic rings. The van der Waals surface area contributed by atoms with Crippen molar-refractivity contribution in [2.45, 2.75) is 51.5 Å². The van der Waals surface area contributed by atoms with Gasteiger partial charge in [-0.1, -0.05) is 12.8 Å². The number of amides is 2. The summed E-state index contributed by atoms with van der Waals surface area (Å²) >= 11 is 0. The van der Waals surface area contributed by atoms with Crippen LogP contribution in [0.2, 0.25) is 0 Å². The number of carbonyl (C=O) groups excluding carboxylic acids is 2. The Morgan fingerprint density at radius 3 is 2.54 bits per heavy atom. The quantitative estimate of drug-likeness (QED) is 0.857. The second-order valence-electron chi connectivity index (χ2n) is 7.85. The maximum Gasteiger partial charge on any atom is 0.261 e. The number of likely N-dealkylation sites (tertiary alicyclic amines) is 1. The molecule has 0 aliphatic carbocycles. The summed E-state index contributed by atoms with van der Waals surface area (Å²) in [6, 6.07) is 5.17. The van der Waals surface area contributed by atoms with Crippen LogP contribution in [0, 0.1) is 5.92 Å². The van der Waals surface area contributed by atoms with Crippen LogP contribution in [0.25, 0.3) is 10.9 Å². The van der Waals surface area contributed by atoms with Crippen LogP contribution in [0.4, 0.5) is 0 Å². The standard InChI is InChI=1S/C21H26N4O3/c22-19(26)14-8-11-24(12-9-14)20(27)15-6-7-16-17(13-15)23-18-5-3-1-2-4-10-25(18)21(16)28/h6-7,13-14H,1-5,8-12H2,(H2,22,26). The van der Waals surface area contributed by atoms with E-state index in [0.29, 0.717) is 48.9 Å². The lowest BCUT2D eigenvalue weighted by Crippen LogP contribution is -2.41. The zero-order valence-electron chi connectivity index (χ0n) is 16.0. The Morgan fingerprint density at radius 1 is 1.04 bits per heavy atom. The van der Waals surface area contributed by atoms with Crippen LogP contribution in [0.15, 0.2) is 23.0 Å². The van der Waals surface area contributed by atoms with Gasteiger partial charge in [0.05, 0.1) is 10.9 Å². The topological polar surface area (TPSA) is 98.3 Å². The summed E-state index contributed by atoms with van der Waals surface area (Å²) in [6.07, 6.45) is 6.33. The number of rotatable bonds is 2. The number of fused-ring (bicyclic) bond motifs is 2. The molecule has 4 rings (SSSR count). The number of nitrogens with zero attached hydrogens (tertiary/aromatic N) is 3. The van der Waals surface area contributed by atoms with E-state index in [0.717, 1.165) is 37.9 Å². The fourth-order valence-electron chi connectivity index (χ4n) is 4.28. The van der Waals surface area contributed by atoms with E-state index in [1.807, 2.05) is 0 Å². The maximum absolute atomic E-state index is 12.9. The molecule has 0 atom stereocenters. The zero-order valence-corrected chi connectivity index (χ0v) is 16.0. The van der Waals surface area contributed by atoms with Crippen LogP contribution in [0.5, 0.6) is 0 Å². The van der Waals surface area contributed by atoms with Crippen LogP contribution in [0.1, 0.15) is 54.7 Å². The number of nitrogens with two attached hydrogens (primary N) is 1. The third-order valence-electron chi connectivity index (χ3n) is 6.00. The molecule has 0 spiro atoms. The molecule has 0 radical (unpaired) electrons. The molecule has 2 aliphatic heterocycles. The molecule has 0 bridgehead atoms. The fourth-order valence-corrected chi connectivity index (χ4v) is 4.28. The van der Waals surface area contributed by atoms with Crippen molar-refractivity contribution < 1.29 is 9.59 Å². The first kappa shape index (κ1) is 18.7. The number of carbonyl (C=O) groups is 2. The molecule has 7 nitrogen and oxygen atoms in total. The van der Waals surface area contributed by atoms with Crippen molar-refractivity contribution in [3.63, 3.8) is 0 Å². The summed E-state index contributed by atoms with van der Waals surface area (Å²) in [5.41, 5.74) is 6.49. The van der Waals surface area contributed by atoms with Crippen molar-refractivity contribution in [3.8, 4) is 0 Å². The Balaban J connectivity index is 1.62. The minimum Gasteiger partial charge on any atom is -0.369 e. The van der Waals surface area contributed by atoms with Gasteiger partial charge in [-0.15, -0.1) is 0 Å². The molecule has 7 heteroatoms. The van der Waals surface area contributed by atoms with Gasteiger partial charge in [0.15, 0.2) is 0 Å². The van der Waals surface area contributed by atoms with Crippen molar-refractivity contribution in [1.29, 1.82) is 0 Å². The van der Waals surface area contributed by atoms with Crippen molar-refractivity contribution in [2.75, 3.05) is 13.1 Å². The van der Waals surface area contributed by atoms with Gasteiger partial charge in [0, 0.05) is 37.5 Å². The maximum atomic E-state index is 12.9. The first-order chi connectivity index (χ1) is 13.5. The predicted molar refractivity (Wildman–Crippen MR) is 106 cm³/mol. The molecule has 0 unspecified atom stereocenters. The van der Waals surface area contributed by atoms with Crippen LogP contribution in [0.3, 0.4) is 0 Å². The van der Waals surface area contributed by atoms with E-state index in [1.165, 1.54) is 0 Å². The normalized spacial score (nSPS) is 18.4. The van der Waals surface area contributed by atoms with E-state index in [2.05, 4.69) is 0 Å². The van der Waals surface area contributed by atoms with E-state index in [-0.39, 0.29) is 23.3 Å². The highest BCUT2D eigenvalue weighted by Crippen LogP contribution is 2.21. The number of aryl methyl sites for hydroxylation is 1. The van der Waals surface area contributed by atoms with Crippen LogP contribution < -0.4 is 11.3 Å². The number of hydrogen-bond acceptors (Lipinski definition) is 4. The molecular weight excluding hydrogens is 356 g/mol. The molecule has 2 N–H and O–H groups in total. The summed E-state index contributed by atoms with van der Waals surface area (Å²) in [5, 5.41) is 0.563. The Bertz CT molecular complexity index is 974. The number of aromatic nitrogens is 2. The second-order valence-corrected chi connectivity index (χ2v) is 7.85. The monoisotopic (exact) mass is 382 g/mol. The molecule has 0 saturated carbocycles. The molecule has 2 amide bonds. The van der Waals surface area contributed by atoms with Crippen molar-refractivity contribution >= 4 is 22.7 Å². The summed E-state index contributed by atoms with van der Waals surface area (Å²) < 4.78 is 1.80. The average Bonchev–Trinajstić information content (AvgIpc) is 2.68. The van der Waals surface area contributed by atoms with Gasteiger partial charge in [-0.05, 0) is 43.9 Å². The fraction of sp³-hybridized carbons (Fsp3) is 0.524. The number of piperidine rings is 1. The van der Waals surface area contributed by atoms with Gasteiger partial charge in [0.25, 0.3) is 11.5 Å². The van der Waals surface area contributed by atoms with Crippen molar-refractivity contribution in [2.24, 2.45) is 11.7 Å².